The average molecular weight is 418 g/mol. The first kappa shape index (κ1) is 19.6. The smallest absolute Gasteiger partial charge is 0.251 e. The Morgan fingerprint density at radius 1 is 1.04 bits per heavy atom. The van der Waals surface area contributed by atoms with Gasteiger partial charge in [0.15, 0.2) is 0 Å². The van der Waals surface area contributed by atoms with Crippen molar-refractivity contribution in [1.82, 2.24) is 9.80 Å². The molecule has 0 bridgehead atoms. The van der Waals surface area contributed by atoms with Gasteiger partial charge in [-0.25, -0.2) is 4.90 Å². The molecule has 28 heavy (non-hydrogen) atoms. The van der Waals surface area contributed by atoms with Crippen LogP contribution >= 0.6 is 22.9 Å². The van der Waals surface area contributed by atoms with Crippen LogP contribution in [-0.2, 0) is 16.1 Å². The van der Waals surface area contributed by atoms with Crippen molar-refractivity contribution in [2.75, 3.05) is 31.1 Å². The molecule has 0 unspecified atom stereocenters. The first-order valence-electron chi connectivity index (χ1n) is 9.57. The average Bonchev–Trinajstić information content (AvgIpc) is 3.19. The highest BCUT2D eigenvalue weighted by atomic mass is 35.5. The van der Waals surface area contributed by atoms with E-state index in [0.717, 1.165) is 53.9 Å². The standard InChI is InChI=1S/C21H24ClN3O2S/c1-14-4-3-5-15(2)20(14)25-19(26)12-17(21(25)27)24-10-8-23(9-11-24)13-16-6-7-18(22)28-16/h3-7,17H,8-13H2,1-2H3/t17-/m1/s1. The topological polar surface area (TPSA) is 43.9 Å². The van der Waals surface area contributed by atoms with E-state index in [4.69, 9.17) is 11.6 Å². The number of benzene rings is 1. The summed E-state index contributed by atoms with van der Waals surface area (Å²) in [5.74, 6) is -0.177. The molecule has 2 aliphatic heterocycles. The molecule has 2 aromatic rings. The van der Waals surface area contributed by atoms with Gasteiger partial charge in [0.1, 0.15) is 0 Å². The molecule has 0 aliphatic carbocycles. The Morgan fingerprint density at radius 3 is 2.32 bits per heavy atom. The van der Waals surface area contributed by atoms with Gasteiger partial charge in [0, 0.05) is 37.6 Å². The number of para-hydroxylation sites is 1. The molecule has 3 heterocycles. The Labute approximate surface area is 174 Å². The second kappa shape index (κ2) is 7.95. The van der Waals surface area contributed by atoms with Crippen LogP contribution in [0.5, 0.6) is 0 Å². The molecule has 2 aliphatic rings. The van der Waals surface area contributed by atoms with E-state index < -0.39 is 0 Å². The third kappa shape index (κ3) is 3.74. The quantitative estimate of drug-likeness (QED) is 0.714. The van der Waals surface area contributed by atoms with Gasteiger partial charge < -0.3 is 0 Å². The highest BCUT2D eigenvalue weighted by Crippen LogP contribution is 2.31. The van der Waals surface area contributed by atoms with Crippen LogP contribution in [0.25, 0.3) is 0 Å². The predicted molar refractivity (Wildman–Crippen MR) is 113 cm³/mol. The minimum absolute atomic E-state index is 0.0825. The number of anilines is 1. The fourth-order valence-electron chi connectivity index (χ4n) is 4.18. The summed E-state index contributed by atoms with van der Waals surface area (Å²) < 4.78 is 0.815. The molecule has 0 N–H and O–H groups in total. The molecule has 148 valence electrons. The summed E-state index contributed by atoms with van der Waals surface area (Å²) in [6, 6.07) is 9.52. The number of hydrogen-bond acceptors (Lipinski definition) is 5. The van der Waals surface area contributed by atoms with Crippen LogP contribution in [0.2, 0.25) is 4.34 Å². The third-order valence-electron chi connectivity index (χ3n) is 5.64. The van der Waals surface area contributed by atoms with E-state index in [9.17, 15) is 9.59 Å². The van der Waals surface area contributed by atoms with Gasteiger partial charge in [-0.3, -0.25) is 19.4 Å². The number of piperazine rings is 1. The molecule has 1 atom stereocenters. The summed E-state index contributed by atoms with van der Waals surface area (Å²) in [6.45, 7) is 8.15. The summed E-state index contributed by atoms with van der Waals surface area (Å²) in [7, 11) is 0. The van der Waals surface area contributed by atoms with Gasteiger partial charge in [0.05, 0.1) is 22.5 Å². The van der Waals surface area contributed by atoms with E-state index in [1.807, 2.05) is 38.1 Å². The van der Waals surface area contributed by atoms with Crippen molar-refractivity contribution in [1.29, 1.82) is 0 Å². The molecule has 2 saturated heterocycles. The number of rotatable bonds is 4. The van der Waals surface area contributed by atoms with Crippen LogP contribution in [-0.4, -0.2) is 53.8 Å². The summed E-state index contributed by atoms with van der Waals surface area (Å²) in [5, 5.41) is 0. The summed E-state index contributed by atoms with van der Waals surface area (Å²) in [6.07, 6.45) is 0.271. The number of amides is 2. The molecule has 1 aromatic carbocycles. The van der Waals surface area contributed by atoms with Crippen LogP contribution in [0.1, 0.15) is 22.4 Å². The van der Waals surface area contributed by atoms with Gasteiger partial charge in [-0.15, -0.1) is 11.3 Å². The number of nitrogens with zero attached hydrogens (tertiary/aromatic N) is 3. The first-order chi connectivity index (χ1) is 13.4. The van der Waals surface area contributed by atoms with Gasteiger partial charge >= 0.3 is 0 Å². The van der Waals surface area contributed by atoms with E-state index in [1.165, 1.54) is 9.78 Å². The molecule has 1 aromatic heterocycles. The molecule has 2 fully saturated rings. The summed E-state index contributed by atoms with van der Waals surface area (Å²) in [5.41, 5.74) is 2.68. The second-order valence-electron chi connectivity index (χ2n) is 7.55. The van der Waals surface area contributed by atoms with E-state index >= 15 is 0 Å². The minimum atomic E-state index is -0.343. The van der Waals surface area contributed by atoms with E-state index in [2.05, 4.69) is 15.9 Å². The lowest BCUT2D eigenvalue weighted by Gasteiger charge is -2.36. The minimum Gasteiger partial charge on any atom is -0.296 e. The molecule has 0 spiro atoms. The molecule has 2 amide bonds. The van der Waals surface area contributed by atoms with Gasteiger partial charge in [-0.1, -0.05) is 29.8 Å². The van der Waals surface area contributed by atoms with Crippen molar-refractivity contribution in [2.24, 2.45) is 0 Å². The van der Waals surface area contributed by atoms with Crippen molar-refractivity contribution in [3.63, 3.8) is 0 Å². The Morgan fingerprint density at radius 2 is 1.71 bits per heavy atom. The monoisotopic (exact) mass is 417 g/mol. The van der Waals surface area contributed by atoms with E-state index in [-0.39, 0.29) is 24.3 Å². The molecule has 0 saturated carbocycles. The Balaban J connectivity index is 1.42. The molecule has 0 radical (unpaired) electrons. The molecular weight excluding hydrogens is 394 g/mol. The van der Waals surface area contributed by atoms with Gasteiger partial charge in [0.2, 0.25) is 5.91 Å². The van der Waals surface area contributed by atoms with E-state index in [0.29, 0.717) is 0 Å². The maximum atomic E-state index is 13.1. The van der Waals surface area contributed by atoms with Crippen LogP contribution in [0.4, 0.5) is 5.69 Å². The Kier molecular flexibility index (Phi) is 5.56. The number of hydrogen-bond donors (Lipinski definition) is 0. The van der Waals surface area contributed by atoms with E-state index in [1.54, 1.807) is 11.3 Å². The number of carbonyl (C=O) groups excluding carboxylic acids is 2. The zero-order valence-electron chi connectivity index (χ0n) is 16.2. The van der Waals surface area contributed by atoms with Crippen LogP contribution < -0.4 is 4.90 Å². The zero-order valence-corrected chi connectivity index (χ0v) is 17.7. The number of aryl methyl sites for hydroxylation is 2. The Hall–Kier alpha value is -1.73. The number of thiophene rings is 1. The maximum absolute atomic E-state index is 13.1. The van der Waals surface area contributed by atoms with Crippen molar-refractivity contribution in [2.45, 2.75) is 32.9 Å². The predicted octanol–water partition coefficient (Wildman–Crippen LogP) is 3.47. The number of imide groups is 1. The summed E-state index contributed by atoms with van der Waals surface area (Å²) >= 11 is 7.63. The maximum Gasteiger partial charge on any atom is 0.251 e. The zero-order chi connectivity index (χ0) is 19.8. The van der Waals surface area contributed by atoms with Gasteiger partial charge in [0.25, 0.3) is 5.91 Å². The lowest BCUT2D eigenvalue weighted by atomic mass is 10.1. The second-order valence-corrected chi connectivity index (χ2v) is 9.35. The van der Waals surface area contributed by atoms with Crippen LogP contribution in [0.3, 0.4) is 0 Å². The molecule has 5 nitrogen and oxygen atoms in total. The lowest BCUT2D eigenvalue weighted by Crippen LogP contribution is -2.52. The highest BCUT2D eigenvalue weighted by molar-refractivity contribution is 7.16. The van der Waals surface area contributed by atoms with Gasteiger partial charge in [-0.2, -0.15) is 0 Å². The molecular formula is C21H24ClN3O2S. The lowest BCUT2D eigenvalue weighted by molar-refractivity contribution is -0.123. The highest BCUT2D eigenvalue weighted by Gasteiger charge is 2.44. The summed E-state index contributed by atoms with van der Waals surface area (Å²) in [4.78, 5) is 33.1. The third-order valence-corrected chi connectivity index (χ3v) is 6.86. The Bertz CT molecular complexity index is 885. The van der Waals surface area contributed by atoms with Crippen molar-refractivity contribution in [3.8, 4) is 0 Å². The van der Waals surface area contributed by atoms with Crippen molar-refractivity contribution < 1.29 is 9.59 Å². The fourth-order valence-corrected chi connectivity index (χ4v) is 5.31. The number of halogens is 1. The van der Waals surface area contributed by atoms with Gasteiger partial charge in [-0.05, 0) is 37.1 Å². The largest absolute Gasteiger partial charge is 0.296 e. The van der Waals surface area contributed by atoms with Crippen LogP contribution in [0, 0.1) is 13.8 Å². The normalized spacial score (nSPS) is 21.7. The fraction of sp³-hybridized carbons (Fsp3) is 0.429. The van der Waals surface area contributed by atoms with Crippen LogP contribution in [0.15, 0.2) is 30.3 Å². The number of carbonyl (C=O) groups is 2. The molecule has 4 rings (SSSR count). The molecule has 7 heteroatoms. The SMILES string of the molecule is Cc1cccc(C)c1N1C(=O)C[C@@H](N2CCN(Cc3ccc(Cl)s3)CC2)C1=O. The van der Waals surface area contributed by atoms with Crippen molar-refractivity contribution in [3.05, 3.63) is 50.7 Å². The van der Waals surface area contributed by atoms with Crippen molar-refractivity contribution >= 4 is 40.4 Å². The first-order valence-corrected chi connectivity index (χ1v) is 10.8.